The molecule has 0 aliphatic carbocycles. The lowest BCUT2D eigenvalue weighted by atomic mass is 10.1. The van der Waals surface area contributed by atoms with Crippen molar-refractivity contribution in [3.05, 3.63) is 35.7 Å². The molecular formula is C11H12N2O2. The summed E-state index contributed by atoms with van der Waals surface area (Å²) in [5.74, 6) is 0. The molecule has 15 heavy (non-hydrogen) atoms. The van der Waals surface area contributed by atoms with E-state index in [0.29, 0.717) is 6.42 Å². The number of aryl methyl sites for hydroxylation is 1. The Morgan fingerprint density at radius 1 is 1.33 bits per heavy atom. The van der Waals surface area contributed by atoms with E-state index in [2.05, 4.69) is 10.1 Å². The predicted octanol–water partition coefficient (Wildman–Crippen LogP) is 1.58. The fourth-order valence-electron chi connectivity index (χ4n) is 1.42. The second-order valence-electron chi connectivity index (χ2n) is 3.33. The molecule has 0 saturated carbocycles. The van der Waals surface area contributed by atoms with Crippen LogP contribution in [0.15, 0.2) is 29.0 Å². The first-order chi connectivity index (χ1) is 7.31. The molecule has 0 atom stereocenters. The van der Waals surface area contributed by atoms with Gasteiger partial charge in [-0.3, -0.25) is 4.98 Å². The van der Waals surface area contributed by atoms with Gasteiger partial charge in [-0.15, -0.1) is 0 Å². The Bertz CT molecular complexity index is 438. The second kappa shape index (κ2) is 4.23. The molecule has 0 aliphatic heterocycles. The third kappa shape index (κ3) is 2.05. The van der Waals surface area contributed by atoms with Gasteiger partial charge < -0.3 is 9.63 Å². The van der Waals surface area contributed by atoms with Crippen LogP contribution in [0.1, 0.15) is 11.3 Å². The van der Waals surface area contributed by atoms with Gasteiger partial charge in [-0.05, 0) is 18.6 Å². The number of aliphatic hydroxyl groups excluding tert-OH is 1. The van der Waals surface area contributed by atoms with Crippen molar-refractivity contribution >= 4 is 0 Å². The van der Waals surface area contributed by atoms with Gasteiger partial charge in [0.05, 0.1) is 5.69 Å². The molecule has 2 heterocycles. The lowest BCUT2D eigenvalue weighted by molar-refractivity contribution is 0.298. The zero-order valence-electron chi connectivity index (χ0n) is 8.47. The summed E-state index contributed by atoms with van der Waals surface area (Å²) in [6.45, 7) is 2.08. The summed E-state index contributed by atoms with van der Waals surface area (Å²) in [6.07, 6.45) is 2.08. The fraction of sp³-hybridized carbons (Fsp3) is 0.273. The Labute approximate surface area is 87.6 Å². The lowest BCUT2D eigenvalue weighted by Crippen LogP contribution is -1.97. The highest BCUT2D eigenvalue weighted by atomic mass is 16.5. The van der Waals surface area contributed by atoms with Crippen LogP contribution in [0, 0.1) is 6.92 Å². The average molecular weight is 204 g/mol. The lowest BCUT2D eigenvalue weighted by Gasteiger charge is -2.04. The van der Waals surface area contributed by atoms with Gasteiger partial charge in [0.15, 0.2) is 0 Å². The van der Waals surface area contributed by atoms with E-state index in [1.165, 1.54) is 6.26 Å². The van der Waals surface area contributed by atoms with Crippen LogP contribution in [0.25, 0.3) is 11.4 Å². The Morgan fingerprint density at radius 2 is 2.20 bits per heavy atom. The first-order valence-corrected chi connectivity index (χ1v) is 4.79. The maximum absolute atomic E-state index is 8.84. The number of pyridine rings is 1. The fourth-order valence-corrected chi connectivity index (χ4v) is 1.42. The molecule has 4 heteroatoms. The summed E-state index contributed by atoms with van der Waals surface area (Å²) in [5.41, 5.74) is 3.45. The van der Waals surface area contributed by atoms with Gasteiger partial charge in [0, 0.05) is 24.8 Å². The molecule has 2 rings (SSSR count). The molecule has 0 aliphatic rings. The first-order valence-electron chi connectivity index (χ1n) is 4.79. The minimum Gasteiger partial charge on any atom is -0.396 e. The highest BCUT2D eigenvalue weighted by Gasteiger charge is 2.07. The van der Waals surface area contributed by atoms with Gasteiger partial charge >= 0.3 is 0 Å². The second-order valence-corrected chi connectivity index (χ2v) is 3.33. The standard InChI is InChI=1S/C11H12N2O2/c1-8-2-3-9(4-6-14)12-11(8)10-5-7-15-13-10/h2-3,5,7,14H,4,6H2,1H3. The third-order valence-electron chi connectivity index (χ3n) is 2.20. The van der Waals surface area contributed by atoms with Gasteiger partial charge in [0.25, 0.3) is 0 Å². The van der Waals surface area contributed by atoms with Crippen molar-refractivity contribution in [1.29, 1.82) is 0 Å². The Balaban J connectivity index is 2.41. The van der Waals surface area contributed by atoms with Crippen LogP contribution >= 0.6 is 0 Å². The van der Waals surface area contributed by atoms with E-state index in [9.17, 15) is 0 Å². The van der Waals surface area contributed by atoms with Gasteiger partial charge in [-0.1, -0.05) is 11.2 Å². The molecule has 4 nitrogen and oxygen atoms in total. The molecule has 0 aromatic carbocycles. The van der Waals surface area contributed by atoms with E-state index < -0.39 is 0 Å². The largest absolute Gasteiger partial charge is 0.396 e. The van der Waals surface area contributed by atoms with E-state index in [-0.39, 0.29) is 6.61 Å². The van der Waals surface area contributed by atoms with Crippen molar-refractivity contribution in [2.75, 3.05) is 6.61 Å². The molecule has 0 unspecified atom stereocenters. The smallest absolute Gasteiger partial charge is 0.132 e. The molecule has 0 spiro atoms. The van der Waals surface area contributed by atoms with Crippen molar-refractivity contribution < 1.29 is 9.63 Å². The quantitative estimate of drug-likeness (QED) is 0.824. The molecule has 0 amide bonds. The summed E-state index contributed by atoms with van der Waals surface area (Å²) >= 11 is 0. The van der Waals surface area contributed by atoms with Gasteiger partial charge in [-0.2, -0.15) is 0 Å². The van der Waals surface area contributed by atoms with Crippen molar-refractivity contribution in [3.63, 3.8) is 0 Å². The van der Waals surface area contributed by atoms with Gasteiger partial charge in [0.2, 0.25) is 0 Å². The summed E-state index contributed by atoms with van der Waals surface area (Å²) in [5, 5.41) is 12.7. The predicted molar refractivity (Wildman–Crippen MR) is 55.3 cm³/mol. The van der Waals surface area contributed by atoms with Crippen LogP contribution in [0.4, 0.5) is 0 Å². The number of hydrogen-bond donors (Lipinski definition) is 1. The van der Waals surface area contributed by atoms with E-state index in [4.69, 9.17) is 9.63 Å². The topological polar surface area (TPSA) is 59.2 Å². The number of hydrogen-bond acceptors (Lipinski definition) is 4. The van der Waals surface area contributed by atoms with Gasteiger partial charge in [0.1, 0.15) is 12.0 Å². The van der Waals surface area contributed by atoms with E-state index in [1.54, 1.807) is 6.07 Å². The highest BCUT2D eigenvalue weighted by molar-refractivity contribution is 5.57. The number of rotatable bonds is 3. The maximum atomic E-state index is 8.84. The van der Waals surface area contributed by atoms with E-state index >= 15 is 0 Å². The zero-order valence-corrected chi connectivity index (χ0v) is 8.47. The summed E-state index contributed by atoms with van der Waals surface area (Å²) in [6, 6.07) is 5.66. The summed E-state index contributed by atoms with van der Waals surface area (Å²) < 4.78 is 4.78. The van der Waals surface area contributed by atoms with Crippen molar-refractivity contribution in [2.24, 2.45) is 0 Å². The van der Waals surface area contributed by atoms with Crippen molar-refractivity contribution in [1.82, 2.24) is 10.1 Å². The minimum absolute atomic E-state index is 0.105. The molecule has 2 aromatic heterocycles. The van der Waals surface area contributed by atoms with Crippen LogP contribution < -0.4 is 0 Å². The Morgan fingerprint density at radius 3 is 2.87 bits per heavy atom. The van der Waals surface area contributed by atoms with Crippen LogP contribution in [0.2, 0.25) is 0 Å². The molecule has 2 aromatic rings. The number of aromatic nitrogens is 2. The molecular weight excluding hydrogens is 192 g/mol. The SMILES string of the molecule is Cc1ccc(CCO)nc1-c1ccon1. The first kappa shape index (κ1) is 9.86. The third-order valence-corrected chi connectivity index (χ3v) is 2.20. The summed E-state index contributed by atoms with van der Waals surface area (Å²) in [4.78, 5) is 4.42. The van der Waals surface area contributed by atoms with Crippen LogP contribution in [0.5, 0.6) is 0 Å². The van der Waals surface area contributed by atoms with Crippen LogP contribution in [0.3, 0.4) is 0 Å². The molecule has 0 bridgehead atoms. The normalized spacial score (nSPS) is 10.5. The number of nitrogens with zero attached hydrogens (tertiary/aromatic N) is 2. The Hall–Kier alpha value is -1.68. The van der Waals surface area contributed by atoms with E-state index in [0.717, 1.165) is 22.6 Å². The van der Waals surface area contributed by atoms with Gasteiger partial charge in [-0.25, -0.2) is 0 Å². The monoisotopic (exact) mass is 204 g/mol. The summed E-state index contributed by atoms with van der Waals surface area (Å²) in [7, 11) is 0. The van der Waals surface area contributed by atoms with Crippen LogP contribution in [-0.2, 0) is 6.42 Å². The van der Waals surface area contributed by atoms with Crippen LogP contribution in [-0.4, -0.2) is 21.9 Å². The minimum atomic E-state index is 0.105. The molecule has 78 valence electrons. The van der Waals surface area contributed by atoms with Crippen molar-refractivity contribution in [2.45, 2.75) is 13.3 Å². The maximum Gasteiger partial charge on any atom is 0.132 e. The Kier molecular flexibility index (Phi) is 2.78. The molecule has 0 saturated heterocycles. The highest BCUT2D eigenvalue weighted by Crippen LogP contribution is 2.19. The van der Waals surface area contributed by atoms with Crippen molar-refractivity contribution in [3.8, 4) is 11.4 Å². The number of aliphatic hydroxyl groups is 1. The molecule has 0 radical (unpaired) electrons. The average Bonchev–Trinajstić information content (AvgIpc) is 2.74. The van der Waals surface area contributed by atoms with E-state index in [1.807, 2.05) is 19.1 Å². The zero-order chi connectivity index (χ0) is 10.7. The molecule has 0 fully saturated rings. The molecule has 1 N–H and O–H groups in total.